The molecular formula is C22H24ClN5O3. The predicted molar refractivity (Wildman–Crippen MR) is 118 cm³/mol. The second kappa shape index (κ2) is 8.93. The van der Waals surface area contributed by atoms with Crippen LogP contribution in [0.5, 0.6) is 5.88 Å². The summed E-state index contributed by atoms with van der Waals surface area (Å²) in [4.78, 5) is 17.0. The Balaban J connectivity index is 1.51. The van der Waals surface area contributed by atoms with Gasteiger partial charge in [0, 0.05) is 32.3 Å². The fourth-order valence-corrected chi connectivity index (χ4v) is 3.85. The number of hydrogen-bond donors (Lipinski definition) is 0. The molecule has 0 aliphatic carbocycles. The molecule has 1 aliphatic rings. The maximum absolute atomic E-state index is 13.4. The molecule has 1 amide bonds. The van der Waals surface area contributed by atoms with E-state index in [-0.39, 0.29) is 12.0 Å². The summed E-state index contributed by atoms with van der Waals surface area (Å²) in [7, 11) is 3.80. The van der Waals surface area contributed by atoms with E-state index in [0.29, 0.717) is 46.6 Å². The zero-order valence-corrected chi connectivity index (χ0v) is 18.5. The van der Waals surface area contributed by atoms with Gasteiger partial charge >= 0.3 is 0 Å². The molecule has 0 N–H and O–H groups in total. The van der Waals surface area contributed by atoms with Crippen LogP contribution >= 0.6 is 11.6 Å². The molecule has 1 fully saturated rings. The molecule has 3 aromatic rings. The molecule has 1 saturated heterocycles. The van der Waals surface area contributed by atoms with Crippen molar-refractivity contribution >= 4 is 23.3 Å². The molecule has 31 heavy (non-hydrogen) atoms. The first-order valence-corrected chi connectivity index (χ1v) is 10.5. The first-order valence-electron chi connectivity index (χ1n) is 10.1. The molecule has 1 unspecified atom stereocenters. The summed E-state index contributed by atoms with van der Waals surface area (Å²) in [6, 6.07) is 10.9. The number of aryl methyl sites for hydroxylation is 1. The van der Waals surface area contributed by atoms with Crippen molar-refractivity contribution in [2.24, 2.45) is 0 Å². The first-order chi connectivity index (χ1) is 14.9. The van der Waals surface area contributed by atoms with Crippen LogP contribution in [0.2, 0.25) is 5.02 Å². The molecular weight excluding hydrogens is 418 g/mol. The van der Waals surface area contributed by atoms with Crippen molar-refractivity contribution in [2.45, 2.75) is 25.9 Å². The number of rotatable bonds is 5. The van der Waals surface area contributed by atoms with Gasteiger partial charge in [-0.15, -0.1) is 10.2 Å². The SMILES string of the molecule is Cc1onc(-c2ccccc2Cl)c1C(=O)N1CCCC(Oc2ccc(N(C)C)nn2)C1. The number of carbonyl (C=O) groups excluding carboxylic acids is 1. The van der Waals surface area contributed by atoms with Crippen molar-refractivity contribution in [2.75, 3.05) is 32.1 Å². The van der Waals surface area contributed by atoms with E-state index < -0.39 is 0 Å². The highest BCUT2D eigenvalue weighted by molar-refractivity contribution is 6.33. The van der Waals surface area contributed by atoms with Gasteiger partial charge < -0.3 is 19.1 Å². The Kier molecular flexibility index (Phi) is 6.08. The molecule has 0 radical (unpaired) electrons. The largest absolute Gasteiger partial charge is 0.471 e. The molecule has 1 aliphatic heterocycles. The number of carbonyl (C=O) groups is 1. The molecule has 9 heteroatoms. The van der Waals surface area contributed by atoms with Crippen molar-refractivity contribution < 1.29 is 14.1 Å². The van der Waals surface area contributed by atoms with Crippen LogP contribution in [0.1, 0.15) is 29.0 Å². The Morgan fingerprint density at radius 3 is 2.74 bits per heavy atom. The third kappa shape index (κ3) is 4.49. The van der Waals surface area contributed by atoms with Crippen LogP contribution in [0.15, 0.2) is 40.9 Å². The van der Waals surface area contributed by atoms with Gasteiger partial charge in [0.05, 0.1) is 11.6 Å². The average Bonchev–Trinajstić information content (AvgIpc) is 3.15. The molecule has 1 atom stereocenters. The highest BCUT2D eigenvalue weighted by atomic mass is 35.5. The van der Waals surface area contributed by atoms with Crippen molar-refractivity contribution in [3.05, 3.63) is 52.7 Å². The molecule has 0 spiro atoms. The summed E-state index contributed by atoms with van der Waals surface area (Å²) < 4.78 is 11.4. The minimum Gasteiger partial charge on any atom is -0.471 e. The van der Waals surface area contributed by atoms with Crippen LogP contribution in [-0.2, 0) is 0 Å². The van der Waals surface area contributed by atoms with Crippen LogP contribution in [0, 0.1) is 6.92 Å². The summed E-state index contributed by atoms with van der Waals surface area (Å²) in [5.74, 6) is 1.52. The minimum absolute atomic E-state index is 0.143. The van der Waals surface area contributed by atoms with Gasteiger partial charge in [-0.3, -0.25) is 4.79 Å². The second-order valence-corrected chi connectivity index (χ2v) is 8.11. The van der Waals surface area contributed by atoms with Crippen molar-refractivity contribution in [3.8, 4) is 17.1 Å². The normalized spacial score (nSPS) is 16.3. The summed E-state index contributed by atoms with van der Waals surface area (Å²) >= 11 is 6.33. The maximum atomic E-state index is 13.4. The lowest BCUT2D eigenvalue weighted by Gasteiger charge is -2.32. The molecule has 3 heterocycles. The van der Waals surface area contributed by atoms with Gasteiger partial charge in [0.15, 0.2) is 5.82 Å². The number of hydrogen-bond acceptors (Lipinski definition) is 7. The summed E-state index contributed by atoms with van der Waals surface area (Å²) in [5, 5.41) is 12.9. The zero-order chi connectivity index (χ0) is 22.0. The molecule has 1 aromatic carbocycles. The zero-order valence-electron chi connectivity index (χ0n) is 17.7. The molecule has 8 nitrogen and oxygen atoms in total. The summed E-state index contributed by atoms with van der Waals surface area (Å²) in [6.07, 6.45) is 1.49. The number of aromatic nitrogens is 3. The fourth-order valence-electron chi connectivity index (χ4n) is 3.62. The van der Waals surface area contributed by atoms with E-state index in [9.17, 15) is 4.79 Å². The number of anilines is 1. The second-order valence-electron chi connectivity index (χ2n) is 7.70. The maximum Gasteiger partial charge on any atom is 0.259 e. The van der Waals surface area contributed by atoms with Crippen molar-refractivity contribution in [1.82, 2.24) is 20.3 Å². The van der Waals surface area contributed by atoms with Crippen LogP contribution in [0.4, 0.5) is 5.82 Å². The highest BCUT2D eigenvalue weighted by Crippen LogP contribution is 2.32. The number of benzene rings is 1. The standard InChI is InChI=1S/C22H24ClN5O3/c1-14-20(21(26-31-14)16-8-4-5-9-17(16)23)22(29)28-12-6-7-15(13-28)30-19-11-10-18(24-25-19)27(2)3/h4-5,8-11,15H,6-7,12-13H2,1-3H3. The van der Waals surface area contributed by atoms with Gasteiger partial charge in [0.2, 0.25) is 5.88 Å². The molecule has 4 rings (SSSR count). The summed E-state index contributed by atoms with van der Waals surface area (Å²) in [6.45, 7) is 2.82. The Bertz CT molecular complexity index is 1070. The fraction of sp³-hybridized carbons (Fsp3) is 0.364. The third-order valence-corrected chi connectivity index (χ3v) is 5.57. The van der Waals surface area contributed by atoms with Crippen LogP contribution in [0.25, 0.3) is 11.3 Å². The quantitative estimate of drug-likeness (QED) is 0.594. The van der Waals surface area contributed by atoms with Gasteiger partial charge in [-0.05, 0) is 31.9 Å². The topological polar surface area (TPSA) is 84.6 Å². The van der Waals surface area contributed by atoms with E-state index in [4.69, 9.17) is 20.9 Å². The third-order valence-electron chi connectivity index (χ3n) is 5.24. The Labute approximate surface area is 185 Å². The Morgan fingerprint density at radius 1 is 1.23 bits per heavy atom. The average molecular weight is 442 g/mol. The van der Waals surface area contributed by atoms with E-state index in [0.717, 1.165) is 18.7 Å². The molecule has 0 bridgehead atoms. The van der Waals surface area contributed by atoms with E-state index in [2.05, 4.69) is 15.4 Å². The van der Waals surface area contributed by atoms with Gasteiger partial charge in [0.1, 0.15) is 23.1 Å². The lowest BCUT2D eigenvalue weighted by atomic mass is 10.0. The number of ether oxygens (including phenoxy) is 1. The number of amides is 1. The van der Waals surface area contributed by atoms with Gasteiger partial charge in [-0.2, -0.15) is 0 Å². The van der Waals surface area contributed by atoms with E-state index >= 15 is 0 Å². The monoisotopic (exact) mass is 441 g/mol. The van der Waals surface area contributed by atoms with E-state index in [1.807, 2.05) is 43.3 Å². The number of nitrogens with zero attached hydrogens (tertiary/aromatic N) is 5. The molecule has 0 saturated carbocycles. The minimum atomic E-state index is -0.166. The van der Waals surface area contributed by atoms with Gasteiger partial charge in [0.25, 0.3) is 5.91 Å². The van der Waals surface area contributed by atoms with Crippen LogP contribution in [-0.4, -0.2) is 59.4 Å². The molecule has 2 aromatic heterocycles. The lowest BCUT2D eigenvalue weighted by molar-refractivity contribution is 0.0524. The predicted octanol–water partition coefficient (Wildman–Crippen LogP) is 3.84. The number of piperidine rings is 1. The van der Waals surface area contributed by atoms with Gasteiger partial charge in [-0.25, -0.2) is 0 Å². The summed E-state index contributed by atoms with van der Waals surface area (Å²) in [5.41, 5.74) is 1.57. The number of halogens is 1. The first kappa shape index (κ1) is 21.1. The van der Waals surface area contributed by atoms with Crippen molar-refractivity contribution in [3.63, 3.8) is 0 Å². The van der Waals surface area contributed by atoms with Crippen molar-refractivity contribution in [1.29, 1.82) is 0 Å². The smallest absolute Gasteiger partial charge is 0.259 e. The Morgan fingerprint density at radius 2 is 2.03 bits per heavy atom. The van der Waals surface area contributed by atoms with Gasteiger partial charge in [-0.1, -0.05) is 35.0 Å². The van der Waals surface area contributed by atoms with E-state index in [1.165, 1.54) is 0 Å². The molecule has 162 valence electrons. The van der Waals surface area contributed by atoms with E-state index in [1.54, 1.807) is 24.0 Å². The Hall–Kier alpha value is -3.13. The van der Waals surface area contributed by atoms with Crippen LogP contribution < -0.4 is 9.64 Å². The highest BCUT2D eigenvalue weighted by Gasteiger charge is 2.31. The lowest BCUT2D eigenvalue weighted by Crippen LogP contribution is -2.44. The number of likely N-dealkylation sites (tertiary alicyclic amines) is 1. The van der Waals surface area contributed by atoms with Crippen LogP contribution in [0.3, 0.4) is 0 Å².